The van der Waals surface area contributed by atoms with Gasteiger partial charge < -0.3 is 0 Å². The number of benzene rings is 1. The molecule has 0 fully saturated rings. The highest BCUT2D eigenvalue weighted by molar-refractivity contribution is 7.90. The first-order valence-electron chi connectivity index (χ1n) is 4.49. The Hall–Kier alpha value is -1.55. The molecule has 0 aliphatic heterocycles. The molecule has 0 N–H and O–H groups in total. The van der Waals surface area contributed by atoms with E-state index in [2.05, 4.69) is 0 Å². The van der Waals surface area contributed by atoms with Crippen molar-refractivity contribution in [2.75, 3.05) is 5.75 Å². The smallest absolute Gasteiger partial charge is 0.228 e. The molecule has 0 bridgehead atoms. The molecule has 0 atom stereocenters. The van der Waals surface area contributed by atoms with Crippen molar-refractivity contribution >= 4 is 9.84 Å². The maximum absolute atomic E-state index is 12.0. The first-order valence-corrected chi connectivity index (χ1v) is 6.31. The van der Waals surface area contributed by atoms with E-state index in [4.69, 9.17) is 5.26 Å². The van der Waals surface area contributed by atoms with Gasteiger partial charge in [-0.1, -0.05) is 18.2 Å². The number of halogens is 3. The van der Waals surface area contributed by atoms with E-state index in [-0.39, 0.29) is 11.1 Å². The summed E-state index contributed by atoms with van der Waals surface area (Å²) in [4.78, 5) is 0. The quantitative estimate of drug-likeness (QED) is 0.838. The summed E-state index contributed by atoms with van der Waals surface area (Å²) in [7, 11) is -4.30. The lowest BCUT2D eigenvalue weighted by atomic mass is 10.1. The van der Waals surface area contributed by atoms with Gasteiger partial charge in [0.2, 0.25) is 0 Å². The molecule has 1 aromatic rings. The lowest BCUT2D eigenvalue weighted by Gasteiger charge is -2.08. The van der Waals surface area contributed by atoms with Crippen LogP contribution >= 0.6 is 0 Å². The van der Waals surface area contributed by atoms with Crippen LogP contribution in [0.4, 0.5) is 13.2 Å². The van der Waals surface area contributed by atoms with Crippen LogP contribution in [-0.4, -0.2) is 20.3 Å². The normalized spacial score (nSPS) is 12.1. The fraction of sp³-hybridized carbons (Fsp3) is 0.300. The van der Waals surface area contributed by atoms with Crippen molar-refractivity contribution in [1.29, 1.82) is 5.26 Å². The minimum atomic E-state index is -4.76. The maximum atomic E-state index is 12.0. The Morgan fingerprint density at radius 1 is 1.24 bits per heavy atom. The van der Waals surface area contributed by atoms with Gasteiger partial charge in [-0.15, -0.1) is 0 Å². The number of sulfone groups is 1. The molecule has 0 amide bonds. The second-order valence-electron chi connectivity index (χ2n) is 3.42. The Morgan fingerprint density at radius 3 is 2.35 bits per heavy atom. The largest absolute Gasteiger partial charge is 0.402 e. The Balaban J connectivity index is 2.96. The minimum absolute atomic E-state index is 0.0678. The molecule has 0 radical (unpaired) electrons. The van der Waals surface area contributed by atoms with Crippen LogP contribution in [0.25, 0.3) is 0 Å². The van der Waals surface area contributed by atoms with E-state index in [1.54, 1.807) is 6.07 Å². The molecule has 0 aromatic heterocycles. The van der Waals surface area contributed by atoms with Crippen LogP contribution in [0.2, 0.25) is 0 Å². The highest BCUT2D eigenvalue weighted by Crippen LogP contribution is 2.20. The van der Waals surface area contributed by atoms with Gasteiger partial charge in [-0.3, -0.25) is 0 Å². The van der Waals surface area contributed by atoms with E-state index < -0.39 is 27.5 Å². The second kappa shape index (κ2) is 4.75. The predicted molar refractivity (Wildman–Crippen MR) is 54.7 cm³/mol. The molecule has 0 aliphatic carbocycles. The van der Waals surface area contributed by atoms with Gasteiger partial charge in [-0.25, -0.2) is 8.42 Å². The summed E-state index contributed by atoms with van der Waals surface area (Å²) < 4.78 is 58.5. The zero-order chi connectivity index (χ0) is 13.1. The monoisotopic (exact) mass is 263 g/mol. The highest BCUT2D eigenvalue weighted by Gasteiger charge is 2.35. The van der Waals surface area contributed by atoms with Crippen LogP contribution in [0.15, 0.2) is 24.3 Å². The maximum Gasteiger partial charge on any atom is 0.402 e. The molecule has 7 heteroatoms. The summed E-state index contributed by atoms with van der Waals surface area (Å²) in [6.45, 7) is 0. The Kier molecular flexibility index (Phi) is 3.78. The molecule has 0 saturated carbocycles. The number of hydrogen-bond donors (Lipinski definition) is 0. The number of alkyl halides is 3. The molecule has 0 saturated heterocycles. The molecule has 1 rings (SSSR count). The second-order valence-corrected chi connectivity index (χ2v) is 5.48. The average Bonchev–Trinajstić information content (AvgIpc) is 2.14. The Bertz CT molecular complexity index is 543. The number of nitriles is 1. The Labute approximate surface area is 96.4 Å². The Morgan fingerprint density at radius 2 is 1.82 bits per heavy atom. The number of nitrogens with zero attached hydrogens (tertiary/aromatic N) is 1. The van der Waals surface area contributed by atoms with E-state index >= 15 is 0 Å². The van der Waals surface area contributed by atoms with Crippen molar-refractivity contribution in [1.82, 2.24) is 0 Å². The summed E-state index contributed by atoms with van der Waals surface area (Å²) in [5, 5.41) is 8.68. The molecule has 1 aromatic carbocycles. The lowest BCUT2D eigenvalue weighted by molar-refractivity contribution is -0.106. The molecule has 0 heterocycles. The molecule has 0 aliphatic rings. The fourth-order valence-electron chi connectivity index (χ4n) is 1.29. The first kappa shape index (κ1) is 13.5. The van der Waals surface area contributed by atoms with Gasteiger partial charge in [0, 0.05) is 0 Å². The third kappa shape index (κ3) is 4.44. The standard InChI is InChI=1S/C10H8F3NO2S/c11-10(12,13)7-17(15,16)6-9-4-2-1-3-8(9)5-14/h1-4H,6-7H2. The van der Waals surface area contributed by atoms with Crippen LogP contribution in [0.5, 0.6) is 0 Å². The number of rotatable bonds is 3. The molecule has 17 heavy (non-hydrogen) atoms. The van der Waals surface area contributed by atoms with Gasteiger partial charge in [0.05, 0.1) is 17.4 Å². The van der Waals surface area contributed by atoms with E-state index in [9.17, 15) is 21.6 Å². The van der Waals surface area contributed by atoms with Gasteiger partial charge in [0.25, 0.3) is 0 Å². The highest BCUT2D eigenvalue weighted by atomic mass is 32.2. The van der Waals surface area contributed by atoms with E-state index in [0.717, 1.165) is 0 Å². The van der Waals surface area contributed by atoms with Crippen LogP contribution in [0.3, 0.4) is 0 Å². The van der Waals surface area contributed by atoms with Crippen LogP contribution in [0.1, 0.15) is 11.1 Å². The van der Waals surface area contributed by atoms with Crippen molar-refractivity contribution in [3.63, 3.8) is 0 Å². The third-order valence-electron chi connectivity index (χ3n) is 1.90. The van der Waals surface area contributed by atoms with Gasteiger partial charge in [-0.05, 0) is 11.6 Å². The molecule has 0 unspecified atom stereocenters. The summed E-state index contributed by atoms with van der Waals surface area (Å²) >= 11 is 0. The summed E-state index contributed by atoms with van der Waals surface area (Å²) in [5.74, 6) is -2.66. The van der Waals surface area contributed by atoms with Crippen molar-refractivity contribution in [3.05, 3.63) is 35.4 Å². The first-order chi connectivity index (χ1) is 7.73. The van der Waals surface area contributed by atoms with Crippen molar-refractivity contribution in [2.45, 2.75) is 11.9 Å². The lowest BCUT2D eigenvalue weighted by Crippen LogP contribution is -2.24. The van der Waals surface area contributed by atoms with Gasteiger partial charge >= 0.3 is 6.18 Å². The van der Waals surface area contributed by atoms with Crippen LogP contribution < -0.4 is 0 Å². The van der Waals surface area contributed by atoms with Crippen molar-refractivity contribution < 1.29 is 21.6 Å². The minimum Gasteiger partial charge on any atom is -0.228 e. The van der Waals surface area contributed by atoms with Gasteiger partial charge in [0.1, 0.15) is 5.75 Å². The predicted octanol–water partition coefficient (Wildman–Crippen LogP) is 2.04. The topological polar surface area (TPSA) is 57.9 Å². The molecule has 3 nitrogen and oxygen atoms in total. The average molecular weight is 263 g/mol. The number of hydrogen-bond acceptors (Lipinski definition) is 3. The summed E-state index contributed by atoms with van der Waals surface area (Å²) in [5.41, 5.74) is 0.150. The molecule has 0 spiro atoms. The molecular weight excluding hydrogens is 255 g/mol. The van der Waals surface area contributed by atoms with Gasteiger partial charge in [0.15, 0.2) is 9.84 Å². The van der Waals surface area contributed by atoms with E-state index in [1.807, 2.05) is 0 Å². The van der Waals surface area contributed by atoms with Crippen molar-refractivity contribution in [3.8, 4) is 6.07 Å². The van der Waals surface area contributed by atoms with E-state index in [1.165, 1.54) is 24.3 Å². The van der Waals surface area contributed by atoms with Crippen LogP contribution in [-0.2, 0) is 15.6 Å². The van der Waals surface area contributed by atoms with Crippen molar-refractivity contribution in [2.24, 2.45) is 0 Å². The van der Waals surface area contributed by atoms with Crippen LogP contribution in [0, 0.1) is 11.3 Å². The summed E-state index contributed by atoms with van der Waals surface area (Å²) in [6, 6.07) is 7.40. The SMILES string of the molecule is N#Cc1ccccc1CS(=O)(=O)CC(F)(F)F. The molecule has 92 valence electrons. The zero-order valence-electron chi connectivity index (χ0n) is 8.53. The van der Waals surface area contributed by atoms with E-state index in [0.29, 0.717) is 0 Å². The fourth-order valence-corrected chi connectivity index (χ4v) is 2.62. The summed E-state index contributed by atoms with van der Waals surface area (Å²) in [6.07, 6.45) is -4.76. The zero-order valence-corrected chi connectivity index (χ0v) is 9.35. The third-order valence-corrected chi connectivity index (χ3v) is 3.41. The van der Waals surface area contributed by atoms with Gasteiger partial charge in [-0.2, -0.15) is 18.4 Å². The molecular formula is C10H8F3NO2S.